The van der Waals surface area contributed by atoms with Crippen molar-refractivity contribution in [3.8, 4) is 0 Å². The van der Waals surface area contributed by atoms with Gasteiger partial charge in [0.15, 0.2) is 5.16 Å². The lowest BCUT2D eigenvalue weighted by molar-refractivity contribution is 0.0827. The second-order valence-electron chi connectivity index (χ2n) is 6.26. The number of hydrogen-bond donors (Lipinski definition) is 0. The Morgan fingerprint density at radius 1 is 1.21 bits per heavy atom. The molecule has 0 saturated carbocycles. The van der Waals surface area contributed by atoms with Crippen LogP contribution in [0.15, 0.2) is 29.4 Å². The predicted octanol–water partition coefficient (Wildman–Crippen LogP) is 4.29. The molecule has 1 aromatic carbocycles. The SMILES string of the molecule is CCCCn1c(SCc2ccc(C(=O)N(C)C)cc2)nc(C)c1C. The lowest BCUT2D eigenvalue weighted by Gasteiger charge is -2.11. The average Bonchev–Trinajstić information content (AvgIpc) is 2.85. The highest BCUT2D eigenvalue weighted by molar-refractivity contribution is 7.98. The quantitative estimate of drug-likeness (QED) is 0.703. The lowest BCUT2D eigenvalue weighted by Crippen LogP contribution is -2.21. The third-order valence-electron chi connectivity index (χ3n) is 4.13. The van der Waals surface area contributed by atoms with E-state index in [-0.39, 0.29) is 5.91 Å². The minimum atomic E-state index is 0.0376. The summed E-state index contributed by atoms with van der Waals surface area (Å²) in [4.78, 5) is 18.2. The predicted molar refractivity (Wildman–Crippen MR) is 101 cm³/mol. The van der Waals surface area contributed by atoms with Gasteiger partial charge in [-0.15, -0.1) is 0 Å². The van der Waals surface area contributed by atoms with Crippen LogP contribution in [-0.4, -0.2) is 34.5 Å². The molecule has 24 heavy (non-hydrogen) atoms. The number of nitrogens with zero attached hydrogens (tertiary/aromatic N) is 3. The largest absolute Gasteiger partial charge is 0.345 e. The fourth-order valence-corrected chi connectivity index (χ4v) is 3.54. The standard InChI is InChI=1S/C19H27N3OS/c1-6-7-12-22-15(3)14(2)20-19(22)24-13-16-8-10-17(11-9-16)18(23)21(4)5/h8-11H,6-7,12-13H2,1-5H3. The molecule has 130 valence electrons. The van der Waals surface area contributed by atoms with Crippen LogP contribution in [0.4, 0.5) is 0 Å². The van der Waals surface area contributed by atoms with Crippen molar-refractivity contribution in [3.63, 3.8) is 0 Å². The van der Waals surface area contributed by atoms with E-state index in [1.54, 1.807) is 30.8 Å². The molecule has 0 saturated heterocycles. The van der Waals surface area contributed by atoms with Gasteiger partial charge < -0.3 is 9.47 Å². The van der Waals surface area contributed by atoms with Gasteiger partial charge in [-0.25, -0.2) is 4.98 Å². The summed E-state index contributed by atoms with van der Waals surface area (Å²) in [5, 5.41) is 1.09. The summed E-state index contributed by atoms with van der Waals surface area (Å²) in [5.74, 6) is 0.897. The lowest BCUT2D eigenvalue weighted by atomic mass is 10.1. The maximum Gasteiger partial charge on any atom is 0.253 e. The molecule has 1 aromatic heterocycles. The molecule has 0 radical (unpaired) electrons. The van der Waals surface area contributed by atoms with Gasteiger partial charge in [0.05, 0.1) is 5.69 Å². The topological polar surface area (TPSA) is 38.1 Å². The Balaban J connectivity index is 2.06. The van der Waals surface area contributed by atoms with Gasteiger partial charge in [-0.2, -0.15) is 0 Å². The van der Waals surface area contributed by atoms with E-state index >= 15 is 0 Å². The molecule has 5 heteroatoms. The van der Waals surface area contributed by atoms with Crippen LogP contribution >= 0.6 is 11.8 Å². The molecule has 2 rings (SSSR count). The molecule has 0 unspecified atom stereocenters. The Kier molecular flexibility index (Phi) is 6.49. The number of imidazole rings is 1. The Bertz CT molecular complexity index is 689. The first-order chi connectivity index (χ1) is 11.4. The summed E-state index contributed by atoms with van der Waals surface area (Å²) in [5.41, 5.74) is 4.30. The molecule has 0 bridgehead atoms. The van der Waals surface area contributed by atoms with Crippen LogP contribution in [0.5, 0.6) is 0 Å². The third kappa shape index (κ3) is 4.41. The van der Waals surface area contributed by atoms with Crippen LogP contribution in [0.2, 0.25) is 0 Å². The second-order valence-corrected chi connectivity index (χ2v) is 7.20. The van der Waals surface area contributed by atoms with E-state index in [0.29, 0.717) is 0 Å². The van der Waals surface area contributed by atoms with Gasteiger partial charge in [0.1, 0.15) is 0 Å². The van der Waals surface area contributed by atoms with E-state index in [1.165, 1.54) is 24.1 Å². The molecule has 4 nitrogen and oxygen atoms in total. The maximum absolute atomic E-state index is 11.9. The molecule has 0 aliphatic carbocycles. The van der Waals surface area contributed by atoms with Crippen molar-refractivity contribution in [1.29, 1.82) is 0 Å². The van der Waals surface area contributed by atoms with Crippen molar-refractivity contribution in [1.82, 2.24) is 14.5 Å². The summed E-state index contributed by atoms with van der Waals surface area (Å²) in [6.07, 6.45) is 2.35. The smallest absolute Gasteiger partial charge is 0.253 e. The second kappa shape index (κ2) is 8.38. The van der Waals surface area contributed by atoms with E-state index in [4.69, 9.17) is 4.98 Å². The van der Waals surface area contributed by atoms with E-state index in [2.05, 4.69) is 25.3 Å². The summed E-state index contributed by atoms with van der Waals surface area (Å²) >= 11 is 1.76. The van der Waals surface area contributed by atoms with Crippen molar-refractivity contribution in [3.05, 3.63) is 46.8 Å². The van der Waals surface area contributed by atoms with Gasteiger partial charge in [-0.3, -0.25) is 4.79 Å². The normalized spacial score (nSPS) is 10.9. The molecule has 0 aliphatic heterocycles. The third-order valence-corrected chi connectivity index (χ3v) is 5.18. The zero-order valence-corrected chi connectivity index (χ0v) is 16.1. The summed E-state index contributed by atoms with van der Waals surface area (Å²) in [7, 11) is 3.54. The monoisotopic (exact) mass is 345 g/mol. The Hall–Kier alpha value is -1.75. The molecule has 0 atom stereocenters. The van der Waals surface area contributed by atoms with Gasteiger partial charge in [-0.1, -0.05) is 37.2 Å². The number of benzene rings is 1. The molecule has 0 N–H and O–H groups in total. The number of carbonyl (C=O) groups is 1. The van der Waals surface area contributed by atoms with E-state index < -0.39 is 0 Å². The molecule has 0 aliphatic rings. The minimum Gasteiger partial charge on any atom is -0.345 e. The van der Waals surface area contributed by atoms with Crippen molar-refractivity contribution in [2.75, 3.05) is 14.1 Å². The zero-order chi connectivity index (χ0) is 17.7. The molecular formula is C19H27N3OS. The van der Waals surface area contributed by atoms with Crippen LogP contribution in [0.3, 0.4) is 0 Å². The van der Waals surface area contributed by atoms with Crippen molar-refractivity contribution < 1.29 is 4.79 Å². The molecular weight excluding hydrogens is 318 g/mol. The number of carbonyl (C=O) groups excluding carboxylic acids is 1. The molecule has 1 amide bonds. The first kappa shape index (κ1) is 18.6. The highest BCUT2D eigenvalue weighted by Gasteiger charge is 2.12. The van der Waals surface area contributed by atoms with Crippen LogP contribution in [0, 0.1) is 13.8 Å². The molecule has 0 fully saturated rings. The van der Waals surface area contributed by atoms with Gasteiger partial charge in [0.2, 0.25) is 0 Å². The molecule has 1 heterocycles. The maximum atomic E-state index is 11.9. The van der Waals surface area contributed by atoms with Gasteiger partial charge >= 0.3 is 0 Å². The number of hydrogen-bond acceptors (Lipinski definition) is 3. The Morgan fingerprint density at radius 2 is 1.88 bits per heavy atom. The van der Waals surface area contributed by atoms with E-state index in [1.807, 2.05) is 24.3 Å². The number of thioether (sulfide) groups is 1. The minimum absolute atomic E-state index is 0.0376. The fraction of sp³-hybridized carbons (Fsp3) is 0.474. The molecule has 2 aromatic rings. The van der Waals surface area contributed by atoms with Crippen molar-refractivity contribution in [2.24, 2.45) is 0 Å². The number of aryl methyl sites for hydroxylation is 1. The van der Waals surface area contributed by atoms with E-state index in [0.717, 1.165) is 28.7 Å². The molecule has 0 spiro atoms. The highest BCUT2D eigenvalue weighted by Crippen LogP contribution is 2.25. The van der Waals surface area contributed by atoms with Crippen LogP contribution in [0.1, 0.15) is 47.1 Å². The van der Waals surface area contributed by atoms with Crippen molar-refractivity contribution >= 4 is 17.7 Å². The first-order valence-electron chi connectivity index (χ1n) is 8.41. The van der Waals surface area contributed by atoms with Crippen molar-refractivity contribution in [2.45, 2.75) is 51.1 Å². The Morgan fingerprint density at radius 3 is 2.46 bits per heavy atom. The van der Waals surface area contributed by atoms with Gasteiger partial charge in [-0.05, 0) is 38.0 Å². The highest BCUT2D eigenvalue weighted by atomic mass is 32.2. The van der Waals surface area contributed by atoms with Crippen LogP contribution in [-0.2, 0) is 12.3 Å². The zero-order valence-electron chi connectivity index (χ0n) is 15.3. The average molecular weight is 346 g/mol. The first-order valence-corrected chi connectivity index (χ1v) is 9.39. The fourth-order valence-electron chi connectivity index (χ4n) is 2.46. The van der Waals surface area contributed by atoms with E-state index in [9.17, 15) is 4.79 Å². The number of unbranched alkanes of at least 4 members (excludes halogenated alkanes) is 1. The van der Waals surface area contributed by atoms with Gasteiger partial charge in [0.25, 0.3) is 5.91 Å². The van der Waals surface area contributed by atoms with Crippen LogP contribution in [0.25, 0.3) is 0 Å². The summed E-state index contributed by atoms with van der Waals surface area (Å²) in [6.45, 7) is 7.46. The number of amides is 1. The summed E-state index contributed by atoms with van der Waals surface area (Å²) in [6, 6.07) is 7.86. The summed E-state index contributed by atoms with van der Waals surface area (Å²) < 4.78 is 2.33. The van der Waals surface area contributed by atoms with Gasteiger partial charge in [0, 0.05) is 37.7 Å². The Labute approximate surface area is 149 Å². The number of aromatic nitrogens is 2. The number of rotatable bonds is 7. The van der Waals surface area contributed by atoms with Crippen LogP contribution < -0.4 is 0 Å².